The number of ketones is 3. The fourth-order valence-corrected chi connectivity index (χ4v) is 10.1. The average molecular weight is 914 g/mol. The summed E-state index contributed by atoms with van der Waals surface area (Å²) in [7, 11) is 4.52. The smallest absolute Gasteiger partial charge is 0.329 e. The van der Waals surface area contributed by atoms with Gasteiger partial charge >= 0.3 is 5.97 Å². The Kier molecular flexibility index (Phi) is 21.0. The molecule has 65 heavy (non-hydrogen) atoms. The molecule has 4 aliphatic rings. The van der Waals surface area contributed by atoms with Gasteiger partial charge in [-0.15, -0.1) is 0 Å². The van der Waals surface area contributed by atoms with Gasteiger partial charge in [0.05, 0.1) is 24.4 Å². The maximum Gasteiger partial charge on any atom is 0.329 e. The van der Waals surface area contributed by atoms with Gasteiger partial charge in [0.1, 0.15) is 30.1 Å². The number of piperidine rings is 1. The monoisotopic (exact) mass is 914 g/mol. The van der Waals surface area contributed by atoms with Crippen LogP contribution in [-0.4, -0.2) is 132 Å². The number of esters is 1. The maximum atomic E-state index is 14.4. The third kappa shape index (κ3) is 14.3. The lowest BCUT2D eigenvalue weighted by atomic mass is 9.78. The van der Waals surface area contributed by atoms with Gasteiger partial charge in [-0.3, -0.25) is 19.2 Å². The molecular formula is C51H79NO13. The summed E-state index contributed by atoms with van der Waals surface area (Å²) in [6.45, 7) is 12.7. The van der Waals surface area contributed by atoms with E-state index in [4.69, 9.17) is 23.7 Å². The number of amides is 1. The molecule has 0 radical (unpaired) electrons. The van der Waals surface area contributed by atoms with Crippen LogP contribution in [0.15, 0.2) is 47.6 Å². The Bertz CT molecular complexity index is 1760. The predicted octanol–water partition coefficient (Wildman–Crippen LogP) is 6.18. The van der Waals surface area contributed by atoms with Crippen LogP contribution in [0.4, 0.5) is 0 Å². The number of methoxy groups -OCH3 is 3. The number of aliphatic hydroxyl groups excluding tert-OH is 2. The van der Waals surface area contributed by atoms with Crippen LogP contribution in [0, 0.1) is 35.5 Å². The molecule has 14 heteroatoms. The van der Waals surface area contributed by atoms with Gasteiger partial charge < -0.3 is 43.9 Å². The quantitative estimate of drug-likeness (QED) is 0.156. The highest BCUT2D eigenvalue weighted by molar-refractivity contribution is 6.39. The van der Waals surface area contributed by atoms with Crippen molar-refractivity contribution in [2.75, 3.05) is 27.9 Å². The van der Waals surface area contributed by atoms with Crippen LogP contribution in [-0.2, 0) is 47.7 Å². The number of fused-ring (bicyclic) bond motifs is 3. The van der Waals surface area contributed by atoms with Gasteiger partial charge in [0.2, 0.25) is 5.79 Å². The van der Waals surface area contributed by atoms with E-state index in [0.29, 0.717) is 63.4 Å². The Morgan fingerprint density at radius 3 is 2.25 bits per heavy atom. The molecule has 3 aliphatic heterocycles. The zero-order valence-electron chi connectivity index (χ0n) is 40.6. The summed E-state index contributed by atoms with van der Waals surface area (Å²) < 4.78 is 29.4. The van der Waals surface area contributed by atoms with Crippen molar-refractivity contribution in [3.8, 4) is 0 Å². The number of cyclic esters (lactones) is 1. The summed E-state index contributed by atoms with van der Waals surface area (Å²) in [5, 5.41) is 33.8. The van der Waals surface area contributed by atoms with Crippen molar-refractivity contribution in [2.24, 2.45) is 35.5 Å². The van der Waals surface area contributed by atoms with Crippen LogP contribution in [0.5, 0.6) is 0 Å². The number of carbonyl (C=O) groups is 5. The molecule has 3 heterocycles. The van der Waals surface area contributed by atoms with Gasteiger partial charge in [0.15, 0.2) is 5.78 Å². The third-order valence-corrected chi connectivity index (χ3v) is 14.5. The second-order valence-corrected chi connectivity index (χ2v) is 19.6. The summed E-state index contributed by atoms with van der Waals surface area (Å²) in [6.07, 6.45) is 11.2. The van der Waals surface area contributed by atoms with E-state index in [2.05, 4.69) is 0 Å². The molecule has 1 amide bonds. The number of allylic oxidation sites excluding steroid dienone is 6. The van der Waals surface area contributed by atoms with Crippen LogP contribution < -0.4 is 0 Å². The minimum atomic E-state index is -2.43. The summed E-state index contributed by atoms with van der Waals surface area (Å²) in [5.74, 6) is -7.96. The Balaban J connectivity index is 1.70. The molecule has 0 aromatic rings. The number of hydrogen-bond acceptors (Lipinski definition) is 13. The van der Waals surface area contributed by atoms with Crippen molar-refractivity contribution >= 4 is 29.2 Å². The van der Waals surface area contributed by atoms with E-state index < -0.39 is 83.9 Å². The maximum absolute atomic E-state index is 14.4. The topological polar surface area (TPSA) is 195 Å². The Morgan fingerprint density at radius 1 is 0.846 bits per heavy atom. The van der Waals surface area contributed by atoms with Crippen LogP contribution in [0.25, 0.3) is 0 Å². The van der Waals surface area contributed by atoms with E-state index in [0.717, 1.165) is 12.0 Å². The highest BCUT2D eigenvalue weighted by atomic mass is 16.6. The van der Waals surface area contributed by atoms with Gasteiger partial charge in [-0.2, -0.15) is 0 Å². The van der Waals surface area contributed by atoms with Crippen molar-refractivity contribution in [3.63, 3.8) is 0 Å². The minimum Gasteiger partial charge on any atom is -0.460 e. The third-order valence-electron chi connectivity index (χ3n) is 14.5. The molecule has 3 N–H and O–H groups in total. The lowest BCUT2D eigenvalue weighted by molar-refractivity contribution is -0.265. The van der Waals surface area contributed by atoms with Crippen molar-refractivity contribution in [1.82, 2.24) is 4.90 Å². The standard InChI is InChI=1S/C51H79NO13/c1-30-16-12-11-13-17-31(2)42(61-8)28-38-21-19-36(7)51(60,65-38)48(57)49(58)52-23-15-14-18-39(52)50(59)64-43(33(4)26-37-20-22-40(53)44(27-37)62-9)29-41(54)32(3)25-35(6)46(56)47(63-10)45(55)34(5)24-30/h11-13,16-17,25,30,32-34,36-40,42-44,46-47,53,56,60H,14-15,18-24,26-29H2,1-10H3/b13-11+,16-12+,31-17+,35-25+/t30-,32-,33-,34-,36-,37?,38?,39?,40-,42+,43?,44-,46-,47+,51-/m1/s1. The zero-order chi connectivity index (χ0) is 48.2. The van der Waals surface area contributed by atoms with Gasteiger partial charge in [-0.1, -0.05) is 71.1 Å². The van der Waals surface area contributed by atoms with Gasteiger partial charge in [-0.05, 0) is 107 Å². The number of nitrogens with zero attached hydrogens (tertiary/aromatic N) is 1. The molecule has 15 atom stereocenters. The van der Waals surface area contributed by atoms with Crippen LogP contribution >= 0.6 is 0 Å². The van der Waals surface area contributed by atoms with Crippen molar-refractivity contribution in [1.29, 1.82) is 0 Å². The first-order chi connectivity index (χ1) is 30.7. The second-order valence-electron chi connectivity index (χ2n) is 19.6. The highest BCUT2D eigenvalue weighted by Crippen LogP contribution is 2.38. The lowest BCUT2D eigenvalue weighted by Gasteiger charge is -2.42. The molecule has 0 spiro atoms. The molecule has 4 rings (SSSR count). The molecule has 366 valence electrons. The van der Waals surface area contributed by atoms with Gasteiger partial charge in [0, 0.05) is 58.5 Å². The summed E-state index contributed by atoms with van der Waals surface area (Å²) >= 11 is 0. The molecule has 4 unspecified atom stereocenters. The first kappa shape index (κ1) is 54.2. The van der Waals surface area contributed by atoms with Crippen molar-refractivity contribution < 1.29 is 63.0 Å². The van der Waals surface area contributed by atoms with Crippen molar-refractivity contribution in [3.05, 3.63) is 47.6 Å². The second kappa shape index (κ2) is 25.1. The fraction of sp³-hybridized carbons (Fsp3) is 0.745. The fourth-order valence-electron chi connectivity index (χ4n) is 10.1. The average Bonchev–Trinajstić information content (AvgIpc) is 3.28. The van der Waals surface area contributed by atoms with Crippen LogP contribution in [0.1, 0.15) is 126 Å². The SMILES string of the molecule is CO[C@H]1CC2CC[C@@H](C)[C@@](O)(O2)C(=O)C(=O)N2CCCCC2C(=O)OC([C@H](C)CC2CC[C@@H](O)[C@H](OC)C2)CC(=O)[C@H](C)/C=C(\C)[C@@H](O)[C@@H](OC)C(=O)[C@H](C)C[C@H](C)/C=C/C=C/C=C/1C. The van der Waals surface area contributed by atoms with E-state index in [1.165, 1.54) is 12.0 Å². The van der Waals surface area contributed by atoms with E-state index in [1.54, 1.807) is 41.1 Å². The number of rotatable bonds is 6. The zero-order valence-corrected chi connectivity index (χ0v) is 40.6. The van der Waals surface area contributed by atoms with Gasteiger partial charge in [-0.25, -0.2) is 4.79 Å². The van der Waals surface area contributed by atoms with E-state index in [1.807, 2.05) is 58.1 Å². The largest absolute Gasteiger partial charge is 0.460 e. The Hall–Kier alpha value is -3.37. The van der Waals surface area contributed by atoms with E-state index >= 15 is 0 Å². The Labute approximate surface area is 387 Å². The number of aliphatic hydroxyl groups is 3. The molecule has 2 bridgehead atoms. The lowest BCUT2D eigenvalue weighted by Crippen LogP contribution is -2.61. The summed E-state index contributed by atoms with van der Waals surface area (Å²) in [5.41, 5.74) is 1.27. The first-order valence-corrected chi connectivity index (χ1v) is 23.9. The number of Topliss-reactive ketones (excluding diaryl/α,β-unsaturated/α-hetero) is 3. The normalized spacial score (nSPS) is 40.4. The molecule has 1 aliphatic carbocycles. The Morgan fingerprint density at radius 2 is 1.57 bits per heavy atom. The highest BCUT2D eigenvalue weighted by Gasteiger charge is 2.53. The molecule has 3 fully saturated rings. The minimum absolute atomic E-state index is 0.0193. The number of carbonyl (C=O) groups excluding carboxylic acids is 5. The summed E-state index contributed by atoms with van der Waals surface area (Å²) in [4.78, 5) is 71.8. The first-order valence-electron chi connectivity index (χ1n) is 23.9. The van der Waals surface area contributed by atoms with Crippen LogP contribution in [0.3, 0.4) is 0 Å². The van der Waals surface area contributed by atoms with E-state index in [-0.39, 0.29) is 54.8 Å². The van der Waals surface area contributed by atoms with E-state index in [9.17, 15) is 39.3 Å². The van der Waals surface area contributed by atoms with Crippen LogP contribution in [0.2, 0.25) is 0 Å². The molecular weight excluding hydrogens is 835 g/mol. The van der Waals surface area contributed by atoms with Gasteiger partial charge in [0.25, 0.3) is 11.7 Å². The molecule has 2 saturated heterocycles. The molecule has 0 aromatic heterocycles. The molecule has 1 saturated carbocycles. The number of hydrogen-bond donors (Lipinski definition) is 3. The van der Waals surface area contributed by atoms with Crippen molar-refractivity contribution in [2.45, 2.75) is 180 Å². The predicted molar refractivity (Wildman–Crippen MR) is 245 cm³/mol. The molecule has 0 aromatic carbocycles. The number of ether oxygens (including phenoxy) is 5. The molecule has 14 nitrogen and oxygen atoms in total. The summed E-state index contributed by atoms with van der Waals surface area (Å²) in [6, 6.07) is -1.14.